The second-order valence-electron chi connectivity index (χ2n) is 10.2. The summed E-state index contributed by atoms with van der Waals surface area (Å²) >= 11 is 0. The molecule has 1 aromatic rings. The van der Waals surface area contributed by atoms with E-state index >= 15 is 0 Å². The third-order valence-electron chi connectivity index (χ3n) is 8.06. The molecule has 1 aromatic carbocycles. The Morgan fingerprint density at radius 3 is 2.36 bits per heavy atom. The molecule has 3 rings (SSSR count). The summed E-state index contributed by atoms with van der Waals surface area (Å²) < 4.78 is 0. The molecular weight excluding hydrogens is 412 g/mol. The number of rotatable bonds is 9. The van der Waals surface area contributed by atoms with Crippen molar-refractivity contribution < 1.29 is 19.5 Å². The number of aliphatic hydroxyl groups excluding tert-OH is 1. The zero-order valence-electron chi connectivity index (χ0n) is 19.9. The summed E-state index contributed by atoms with van der Waals surface area (Å²) in [6.07, 6.45) is 6.38. The molecule has 0 radical (unpaired) electrons. The van der Waals surface area contributed by atoms with Gasteiger partial charge in [0.2, 0.25) is 0 Å². The molecule has 0 spiro atoms. The first-order chi connectivity index (χ1) is 15.5. The molecule has 4 heteroatoms. The van der Waals surface area contributed by atoms with Crippen LogP contribution in [0.4, 0.5) is 0 Å². The number of allylic oxidation sites excluding steroid dienone is 5. The molecule has 2 aliphatic rings. The van der Waals surface area contributed by atoms with Crippen molar-refractivity contribution in [1.82, 2.24) is 0 Å². The zero-order valence-corrected chi connectivity index (χ0v) is 19.9. The summed E-state index contributed by atoms with van der Waals surface area (Å²) in [7, 11) is 0. The Labute approximate surface area is 196 Å². The maximum Gasteiger partial charge on any atom is 0.184 e. The molecular formula is C29H34O4. The van der Waals surface area contributed by atoms with Gasteiger partial charge in [-0.25, -0.2) is 0 Å². The topological polar surface area (TPSA) is 71.4 Å². The van der Waals surface area contributed by atoms with Crippen LogP contribution < -0.4 is 0 Å². The van der Waals surface area contributed by atoms with E-state index in [2.05, 4.69) is 19.7 Å². The molecule has 174 valence electrons. The van der Waals surface area contributed by atoms with Crippen molar-refractivity contribution in [1.29, 1.82) is 0 Å². The Hall–Kier alpha value is -3.01. The summed E-state index contributed by atoms with van der Waals surface area (Å²) in [5.41, 5.74) is -3.04. The number of benzene rings is 1. The van der Waals surface area contributed by atoms with Gasteiger partial charge in [-0.3, -0.25) is 14.4 Å². The minimum absolute atomic E-state index is 0.120. The van der Waals surface area contributed by atoms with Gasteiger partial charge in [-0.2, -0.15) is 0 Å². The van der Waals surface area contributed by atoms with Gasteiger partial charge in [-0.15, -0.1) is 13.2 Å². The molecule has 0 aliphatic heterocycles. The number of fused-ring (bicyclic) bond motifs is 2. The molecule has 2 aliphatic carbocycles. The number of hydrogen-bond acceptors (Lipinski definition) is 4. The van der Waals surface area contributed by atoms with Crippen LogP contribution in [0.3, 0.4) is 0 Å². The van der Waals surface area contributed by atoms with Gasteiger partial charge in [0.1, 0.15) is 5.76 Å². The normalized spacial score (nSPS) is 29.1. The van der Waals surface area contributed by atoms with Crippen molar-refractivity contribution >= 4 is 17.3 Å². The number of aliphatic hydroxyl groups is 1. The molecule has 1 N–H and O–H groups in total. The molecule has 0 unspecified atom stereocenters. The SMILES string of the molecule is C=CC[C@@H](C[C@@]12C[C@H](CC=C)C(C)(C)[C@@](C(=O)c3ccccc3)(C(=O)C=C1O)C2=O)C(=C)C. The fourth-order valence-corrected chi connectivity index (χ4v) is 6.00. The van der Waals surface area contributed by atoms with Crippen LogP contribution in [0.25, 0.3) is 0 Å². The van der Waals surface area contributed by atoms with Gasteiger partial charge in [0.25, 0.3) is 0 Å². The lowest BCUT2D eigenvalue weighted by Crippen LogP contribution is -2.69. The van der Waals surface area contributed by atoms with Crippen molar-refractivity contribution in [3.8, 4) is 0 Å². The molecule has 0 amide bonds. The van der Waals surface area contributed by atoms with Crippen LogP contribution >= 0.6 is 0 Å². The Morgan fingerprint density at radius 2 is 1.82 bits per heavy atom. The molecule has 4 nitrogen and oxygen atoms in total. The van der Waals surface area contributed by atoms with E-state index < -0.39 is 33.6 Å². The quantitative estimate of drug-likeness (QED) is 0.278. The van der Waals surface area contributed by atoms with Crippen molar-refractivity contribution in [2.75, 3.05) is 0 Å². The molecule has 2 bridgehead atoms. The van der Waals surface area contributed by atoms with E-state index in [9.17, 15) is 19.5 Å². The molecule has 0 saturated heterocycles. The second kappa shape index (κ2) is 8.74. The van der Waals surface area contributed by atoms with Crippen LogP contribution in [-0.2, 0) is 9.59 Å². The van der Waals surface area contributed by atoms with Gasteiger partial charge < -0.3 is 5.11 Å². The van der Waals surface area contributed by atoms with Crippen molar-refractivity contribution in [3.05, 3.63) is 85.2 Å². The van der Waals surface area contributed by atoms with E-state index in [4.69, 9.17) is 0 Å². The largest absolute Gasteiger partial charge is 0.511 e. The van der Waals surface area contributed by atoms with Crippen molar-refractivity contribution in [3.63, 3.8) is 0 Å². The average molecular weight is 447 g/mol. The monoisotopic (exact) mass is 446 g/mol. The lowest BCUT2D eigenvalue weighted by atomic mass is 9.40. The number of ketones is 3. The number of hydrogen-bond donors (Lipinski definition) is 1. The molecule has 1 fully saturated rings. The van der Waals surface area contributed by atoms with Crippen molar-refractivity contribution in [2.24, 2.45) is 28.1 Å². The first-order valence-corrected chi connectivity index (χ1v) is 11.5. The van der Waals surface area contributed by atoms with Crippen molar-refractivity contribution in [2.45, 2.75) is 46.5 Å². The minimum atomic E-state index is -1.92. The third kappa shape index (κ3) is 3.47. The van der Waals surface area contributed by atoms with Gasteiger partial charge in [-0.1, -0.05) is 68.5 Å². The van der Waals surface area contributed by atoms with E-state index in [0.717, 1.165) is 11.6 Å². The molecule has 33 heavy (non-hydrogen) atoms. The predicted molar refractivity (Wildman–Crippen MR) is 131 cm³/mol. The van der Waals surface area contributed by atoms with Crippen LogP contribution in [-0.4, -0.2) is 22.5 Å². The maximum atomic E-state index is 14.5. The molecule has 0 aromatic heterocycles. The van der Waals surface area contributed by atoms with Crippen LogP contribution in [0.2, 0.25) is 0 Å². The summed E-state index contributed by atoms with van der Waals surface area (Å²) in [6.45, 7) is 17.3. The molecule has 0 heterocycles. The highest BCUT2D eigenvalue weighted by Crippen LogP contribution is 2.65. The molecule has 1 saturated carbocycles. The fraction of sp³-hybridized carbons (Fsp3) is 0.414. The van der Waals surface area contributed by atoms with Gasteiger partial charge in [0.05, 0.1) is 5.41 Å². The van der Waals surface area contributed by atoms with E-state index in [-0.39, 0.29) is 24.0 Å². The molecule has 4 atom stereocenters. The Morgan fingerprint density at radius 1 is 1.18 bits per heavy atom. The Balaban J connectivity index is 2.32. The van der Waals surface area contributed by atoms with E-state index in [1.807, 2.05) is 20.8 Å². The highest BCUT2D eigenvalue weighted by molar-refractivity contribution is 6.35. The van der Waals surface area contributed by atoms with E-state index in [1.165, 1.54) is 0 Å². The van der Waals surface area contributed by atoms with E-state index in [0.29, 0.717) is 24.8 Å². The first-order valence-electron chi connectivity index (χ1n) is 11.5. The standard InChI is InChI=1S/C29H34O4/c1-7-12-21(19(3)4)17-28-18-22(13-8-2)27(5,6)29(26(28)33,24(31)16-23(28)30)25(32)20-14-10-9-11-15-20/h7-11,14-16,21-22,30H,1-3,12-13,17-18H2,4-6H3/t21-,22-,28+,29+/m0/s1. The minimum Gasteiger partial charge on any atom is -0.511 e. The summed E-state index contributed by atoms with van der Waals surface area (Å²) in [5, 5.41) is 11.2. The lowest BCUT2D eigenvalue weighted by Gasteiger charge is -2.59. The van der Waals surface area contributed by atoms with Gasteiger partial charge in [0.15, 0.2) is 22.8 Å². The maximum absolute atomic E-state index is 14.5. The third-order valence-corrected chi connectivity index (χ3v) is 8.06. The number of Topliss-reactive ketones (excluding diaryl/α,β-unsaturated/α-hetero) is 2. The highest BCUT2D eigenvalue weighted by Gasteiger charge is 2.73. The van der Waals surface area contributed by atoms with Crippen LogP contribution in [0.15, 0.2) is 79.6 Å². The van der Waals surface area contributed by atoms with Gasteiger partial charge in [0, 0.05) is 11.6 Å². The predicted octanol–water partition coefficient (Wildman–Crippen LogP) is 6.22. The lowest BCUT2D eigenvalue weighted by molar-refractivity contribution is -0.165. The summed E-state index contributed by atoms with van der Waals surface area (Å²) in [5.74, 6) is -2.20. The highest BCUT2D eigenvalue weighted by atomic mass is 16.3. The Bertz CT molecular complexity index is 1040. The Kier molecular flexibility index (Phi) is 6.52. The summed E-state index contributed by atoms with van der Waals surface area (Å²) in [6, 6.07) is 8.51. The number of carbonyl (C=O) groups excluding carboxylic acids is 3. The van der Waals surface area contributed by atoms with Crippen LogP contribution in [0, 0.1) is 28.1 Å². The fourth-order valence-electron chi connectivity index (χ4n) is 6.00. The average Bonchev–Trinajstić information content (AvgIpc) is 2.76. The second-order valence-corrected chi connectivity index (χ2v) is 10.2. The first kappa shape index (κ1) is 24.6. The van der Waals surface area contributed by atoms with Gasteiger partial charge >= 0.3 is 0 Å². The van der Waals surface area contributed by atoms with E-state index in [1.54, 1.807) is 42.5 Å². The number of carbonyl (C=O) groups is 3. The van der Waals surface area contributed by atoms with Crippen LogP contribution in [0.5, 0.6) is 0 Å². The van der Waals surface area contributed by atoms with Crippen LogP contribution in [0.1, 0.15) is 56.8 Å². The van der Waals surface area contributed by atoms with Gasteiger partial charge in [-0.05, 0) is 49.9 Å². The smallest absolute Gasteiger partial charge is 0.184 e. The summed E-state index contributed by atoms with van der Waals surface area (Å²) in [4.78, 5) is 42.3. The zero-order chi connectivity index (χ0) is 24.6.